The molecule has 0 rings (SSSR count). The smallest absolute Gasteiger partial charge is 0.315 e. The van der Waals surface area contributed by atoms with Gasteiger partial charge in [-0.2, -0.15) is 0 Å². The molecule has 0 unspecified atom stereocenters. The van der Waals surface area contributed by atoms with Gasteiger partial charge in [0.25, 0.3) is 5.97 Å². The summed E-state index contributed by atoms with van der Waals surface area (Å²) in [6.45, 7) is 4.96. The van der Waals surface area contributed by atoms with Gasteiger partial charge >= 0.3 is 9.76 Å². The molecule has 9 heavy (non-hydrogen) atoms. The minimum absolute atomic E-state index is 0.197. The summed E-state index contributed by atoms with van der Waals surface area (Å²) < 4.78 is 4.69. The third-order valence-electron chi connectivity index (χ3n) is 0.666. The maximum atomic E-state index is 10.2. The van der Waals surface area contributed by atoms with Crippen LogP contribution in [-0.4, -0.2) is 15.7 Å². The Morgan fingerprint density at radius 2 is 2.56 bits per heavy atom. The third kappa shape index (κ3) is 7.43. The monoisotopic (exact) mass is 142 g/mol. The number of hydrogen-bond donors (Lipinski definition) is 0. The first kappa shape index (κ1) is 8.43. The second kappa shape index (κ2) is 5.56. The first-order valence-electron chi connectivity index (χ1n) is 2.78. The fraction of sp³-hybridized carbons (Fsp3) is 0.500. The van der Waals surface area contributed by atoms with E-state index in [1.807, 2.05) is 6.08 Å². The summed E-state index contributed by atoms with van der Waals surface area (Å²) in [5.41, 5.74) is 0. The van der Waals surface area contributed by atoms with Gasteiger partial charge in [-0.25, -0.2) is 0 Å². The van der Waals surface area contributed by atoms with E-state index >= 15 is 0 Å². The Bertz CT molecular complexity index is 101. The van der Waals surface area contributed by atoms with Crippen LogP contribution in [0, 0.1) is 0 Å². The molecule has 3 heteroatoms. The van der Waals surface area contributed by atoms with Crippen LogP contribution in [0.1, 0.15) is 13.3 Å². The molecule has 0 saturated carbocycles. The van der Waals surface area contributed by atoms with Crippen molar-refractivity contribution in [2.75, 3.05) is 0 Å². The summed E-state index contributed by atoms with van der Waals surface area (Å²) in [6.07, 6.45) is 2.74. The standard InChI is InChI=1S/C6H10O2Si/c1-3-4-5-9-8-6(2)7/h3H,1,4-5H2,2H3. The van der Waals surface area contributed by atoms with E-state index in [2.05, 4.69) is 11.0 Å². The van der Waals surface area contributed by atoms with Gasteiger partial charge in [-0.05, 0) is 12.5 Å². The largest absolute Gasteiger partial charge is 0.517 e. The van der Waals surface area contributed by atoms with E-state index in [1.54, 1.807) is 0 Å². The van der Waals surface area contributed by atoms with Gasteiger partial charge in [0, 0.05) is 6.92 Å². The van der Waals surface area contributed by atoms with Gasteiger partial charge < -0.3 is 4.43 Å². The van der Waals surface area contributed by atoms with Crippen molar-refractivity contribution in [1.29, 1.82) is 0 Å². The minimum atomic E-state index is -0.197. The molecule has 0 bridgehead atoms. The zero-order valence-corrected chi connectivity index (χ0v) is 6.52. The molecule has 0 aromatic rings. The van der Waals surface area contributed by atoms with Crippen LogP contribution in [0.5, 0.6) is 0 Å². The molecule has 0 atom stereocenters. The van der Waals surface area contributed by atoms with Crippen molar-refractivity contribution in [2.24, 2.45) is 0 Å². The fourth-order valence-corrected chi connectivity index (χ4v) is 0.941. The molecule has 0 aliphatic carbocycles. The van der Waals surface area contributed by atoms with Gasteiger partial charge in [0.1, 0.15) is 0 Å². The van der Waals surface area contributed by atoms with Gasteiger partial charge in [0.15, 0.2) is 0 Å². The van der Waals surface area contributed by atoms with E-state index in [9.17, 15) is 4.79 Å². The Morgan fingerprint density at radius 1 is 1.89 bits per heavy atom. The highest BCUT2D eigenvalue weighted by Gasteiger charge is 1.92. The maximum absolute atomic E-state index is 10.2. The van der Waals surface area contributed by atoms with Gasteiger partial charge in [-0.15, -0.1) is 6.58 Å². The van der Waals surface area contributed by atoms with E-state index in [4.69, 9.17) is 0 Å². The molecule has 50 valence electrons. The van der Waals surface area contributed by atoms with Crippen molar-refractivity contribution in [3.8, 4) is 0 Å². The van der Waals surface area contributed by atoms with E-state index in [-0.39, 0.29) is 5.97 Å². The number of allylic oxidation sites excluding steroid dienone is 1. The molecule has 2 nitrogen and oxygen atoms in total. The molecule has 0 amide bonds. The molecule has 0 spiro atoms. The van der Waals surface area contributed by atoms with E-state index in [0.717, 1.165) is 12.5 Å². The van der Waals surface area contributed by atoms with Crippen LogP contribution in [0.15, 0.2) is 12.7 Å². The van der Waals surface area contributed by atoms with Crippen molar-refractivity contribution in [2.45, 2.75) is 19.4 Å². The Morgan fingerprint density at radius 3 is 3.00 bits per heavy atom. The lowest BCUT2D eigenvalue weighted by molar-refractivity contribution is -0.131. The van der Waals surface area contributed by atoms with Crippen LogP contribution in [0.25, 0.3) is 0 Å². The predicted molar refractivity (Wildman–Crippen MR) is 37.1 cm³/mol. The minimum Gasteiger partial charge on any atom is -0.517 e. The Hall–Kier alpha value is -0.573. The van der Waals surface area contributed by atoms with Gasteiger partial charge in [0.05, 0.1) is 0 Å². The Balaban J connectivity index is 2.91. The summed E-state index contributed by atoms with van der Waals surface area (Å²) in [6, 6.07) is 0.906. The summed E-state index contributed by atoms with van der Waals surface area (Å²) in [4.78, 5) is 10.2. The van der Waals surface area contributed by atoms with Crippen molar-refractivity contribution in [3.63, 3.8) is 0 Å². The molecule has 2 radical (unpaired) electrons. The zero-order valence-electron chi connectivity index (χ0n) is 5.52. The molecule has 0 aromatic carbocycles. The van der Waals surface area contributed by atoms with Crippen LogP contribution in [0.2, 0.25) is 6.04 Å². The Kier molecular flexibility index (Phi) is 5.21. The molecular weight excluding hydrogens is 132 g/mol. The summed E-state index contributed by atoms with van der Waals surface area (Å²) in [5, 5.41) is 0. The summed E-state index contributed by atoms with van der Waals surface area (Å²) in [5.74, 6) is -0.197. The van der Waals surface area contributed by atoms with Gasteiger partial charge in [-0.3, -0.25) is 4.79 Å². The summed E-state index contributed by atoms with van der Waals surface area (Å²) in [7, 11) is 0.299. The van der Waals surface area contributed by atoms with Crippen molar-refractivity contribution < 1.29 is 9.22 Å². The Labute approximate surface area is 57.8 Å². The zero-order chi connectivity index (χ0) is 7.11. The second-order valence-corrected chi connectivity index (χ2v) is 2.56. The molecule has 0 fully saturated rings. The lowest BCUT2D eigenvalue weighted by atomic mass is 10.5. The summed E-state index contributed by atoms with van der Waals surface area (Å²) >= 11 is 0. The highest BCUT2D eigenvalue weighted by Crippen LogP contribution is 1.88. The van der Waals surface area contributed by atoms with Crippen LogP contribution < -0.4 is 0 Å². The number of rotatable bonds is 4. The second-order valence-electron chi connectivity index (χ2n) is 1.57. The number of carbonyl (C=O) groups excluding carboxylic acids is 1. The molecule has 0 aromatic heterocycles. The first-order chi connectivity index (χ1) is 4.27. The van der Waals surface area contributed by atoms with Gasteiger partial charge in [-0.1, -0.05) is 6.08 Å². The molecular formula is C6H10O2Si. The van der Waals surface area contributed by atoms with E-state index in [1.165, 1.54) is 6.92 Å². The number of carbonyl (C=O) groups is 1. The van der Waals surface area contributed by atoms with E-state index < -0.39 is 0 Å². The third-order valence-corrected chi connectivity index (χ3v) is 1.59. The lowest BCUT2D eigenvalue weighted by Gasteiger charge is -1.94. The van der Waals surface area contributed by atoms with Crippen LogP contribution >= 0.6 is 0 Å². The molecule has 0 heterocycles. The average Bonchev–Trinajstić information content (AvgIpc) is 1.80. The van der Waals surface area contributed by atoms with Crippen molar-refractivity contribution in [3.05, 3.63) is 12.7 Å². The first-order valence-corrected chi connectivity index (χ1v) is 3.90. The van der Waals surface area contributed by atoms with Crippen LogP contribution in [-0.2, 0) is 9.22 Å². The quantitative estimate of drug-likeness (QED) is 0.334. The lowest BCUT2D eigenvalue weighted by Crippen LogP contribution is -2.02. The predicted octanol–water partition coefficient (Wildman–Crippen LogP) is 1.16. The molecule has 0 aliphatic heterocycles. The van der Waals surface area contributed by atoms with Crippen LogP contribution in [0.3, 0.4) is 0 Å². The molecule has 0 aliphatic rings. The topological polar surface area (TPSA) is 26.3 Å². The van der Waals surface area contributed by atoms with Crippen molar-refractivity contribution >= 4 is 15.7 Å². The van der Waals surface area contributed by atoms with Crippen molar-refractivity contribution in [1.82, 2.24) is 0 Å². The van der Waals surface area contributed by atoms with Gasteiger partial charge in [0.2, 0.25) is 0 Å². The van der Waals surface area contributed by atoms with E-state index in [0.29, 0.717) is 9.76 Å². The average molecular weight is 142 g/mol. The maximum Gasteiger partial charge on any atom is 0.315 e. The highest BCUT2D eigenvalue weighted by molar-refractivity contribution is 6.30. The normalized spacial score (nSPS) is 8.56. The highest BCUT2D eigenvalue weighted by atomic mass is 28.2. The fourth-order valence-electron chi connectivity index (χ4n) is 0.314. The van der Waals surface area contributed by atoms with Crippen LogP contribution in [0.4, 0.5) is 0 Å². The SMILES string of the molecule is C=CCC[Si]OC(C)=O. The molecule has 0 saturated heterocycles. The number of hydrogen-bond acceptors (Lipinski definition) is 2. The molecule has 0 N–H and O–H groups in total.